The van der Waals surface area contributed by atoms with E-state index >= 15 is 0 Å². The summed E-state index contributed by atoms with van der Waals surface area (Å²) in [6.07, 6.45) is -0.324. The Kier molecular flexibility index (Phi) is 7.24. The first-order valence-corrected chi connectivity index (χ1v) is 9.18. The van der Waals surface area contributed by atoms with Gasteiger partial charge in [0.05, 0.1) is 12.7 Å². The second-order valence-corrected chi connectivity index (χ2v) is 6.52. The molecule has 0 aliphatic carbocycles. The average molecular weight is 434 g/mol. The van der Waals surface area contributed by atoms with Crippen LogP contribution in [0, 0.1) is 0 Å². The number of nitrogen functional groups attached to an aromatic ring is 1. The molecule has 0 aliphatic heterocycles. The maximum absolute atomic E-state index is 12.2. The molecule has 0 radical (unpaired) electrons. The summed E-state index contributed by atoms with van der Waals surface area (Å²) >= 11 is 0. The molecule has 0 bridgehead atoms. The number of pyridine rings is 1. The van der Waals surface area contributed by atoms with Crippen LogP contribution in [0.4, 0.5) is 5.82 Å². The molecule has 0 saturated heterocycles. The molecule has 0 atom stereocenters. The van der Waals surface area contributed by atoms with Gasteiger partial charge in [0.2, 0.25) is 0 Å². The lowest BCUT2D eigenvalue weighted by atomic mass is 9.95. The summed E-state index contributed by atoms with van der Waals surface area (Å²) in [7, 11) is 0. The van der Waals surface area contributed by atoms with Crippen LogP contribution in [0.3, 0.4) is 0 Å². The number of anilines is 1. The normalized spacial score (nSPS) is 10.6. The van der Waals surface area contributed by atoms with Crippen molar-refractivity contribution in [1.29, 1.82) is 0 Å². The van der Waals surface area contributed by atoms with E-state index in [1.165, 1.54) is 18.2 Å². The third-order valence-corrected chi connectivity index (χ3v) is 3.92. The Morgan fingerprint density at radius 3 is 2.26 bits per heavy atom. The predicted octanol–water partition coefficient (Wildman–Crippen LogP) is 1.75. The fourth-order valence-corrected chi connectivity index (χ4v) is 2.82. The summed E-state index contributed by atoms with van der Waals surface area (Å²) in [6.45, 7) is 4.83. The number of carboxylic acids is 2. The van der Waals surface area contributed by atoms with Crippen LogP contribution in [0.25, 0.3) is 11.1 Å². The van der Waals surface area contributed by atoms with Gasteiger partial charge in [-0.15, -0.1) is 0 Å². The molecule has 1 aromatic carbocycles. The number of hydrogen-bond donors (Lipinski definition) is 4. The number of carboxylic acid groups (broad SMARTS) is 2. The van der Waals surface area contributed by atoms with Crippen molar-refractivity contribution in [3.63, 3.8) is 0 Å². The minimum Gasteiger partial charge on any atom is -0.490 e. The van der Waals surface area contributed by atoms with Gasteiger partial charge in [-0.1, -0.05) is 6.07 Å². The van der Waals surface area contributed by atoms with E-state index in [2.05, 4.69) is 0 Å². The van der Waals surface area contributed by atoms with Gasteiger partial charge in [-0.2, -0.15) is 0 Å². The largest absolute Gasteiger partial charge is 0.490 e. The zero-order valence-electron chi connectivity index (χ0n) is 17.1. The maximum atomic E-state index is 12.2. The van der Waals surface area contributed by atoms with Crippen LogP contribution in [0.15, 0.2) is 23.0 Å². The first-order chi connectivity index (χ1) is 14.6. The molecule has 1 heterocycles. The number of carbonyl (C=O) groups excluding carboxylic acids is 1. The minimum absolute atomic E-state index is 0.0492. The lowest BCUT2D eigenvalue weighted by Crippen LogP contribution is -2.24. The Morgan fingerprint density at radius 2 is 1.71 bits per heavy atom. The number of esters is 1. The van der Waals surface area contributed by atoms with Crippen molar-refractivity contribution >= 4 is 23.7 Å². The highest BCUT2D eigenvalue weighted by Crippen LogP contribution is 2.36. The zero-order valence-corrected chi connectivity index (χ0v) is 17.1. The molecular formula is C20H22N2O9. The summed E-state index contributed by atoms with van der Waals surface area (Å²) in [5, 5.41) is 19.0. The fourth-order valence-electron chi connectivity index (χ4n) is 2.82. The van der Waals surface area contributed by atoms with Gasteiger partial charge >= 0.3 is 17.9 Å². The van der Waals surface area contributed by atoms with Crippen LogP contribution >= 0.6 is 0 Å². The van der Waals surface area contributed by atoms with E-state index in [0.29, 0.717) is 0 Å². The number of aromatic carboxylic acids is 2. The van der Waals surface area contributed by atoms with Crippen LogP contribution in [0.5, 0.6) is 11.5 Å². The standard InChI is InChI=1S/C20H22N2O9/c1-4-29-12-7-10(5-6-11(12)30-8-13(23)31-9(2)3)14-15(19(25)26)17(21)22-18(24)16(14)20(27)28/h5-7,9H,4,8H2,1-3H3,(H,25,26)(H,27,28)(H3,21,22,24). The second-order valence-electron chi connectivity index (χ2n) is 6.52. The predicted molar refractivity (Wildman–Crippen MR) is 109 cm³/mol. The van der Waals surface area contributed by atoms with E-state index in [1.807, 2.05) is 4.98 Å². The zero-order chi connectivity index (χ0) is 23.3. The van der Waals surface area contributed by atoms with Gasteiger partial charge in [0.1, 0.15) is 16.9 Å². The van der Waals surface area contributed by atoms with Gasteiger partial charge in [-0.05, 0) is 38.5 Å². The molecule has 2 aromatic rings. The first kappa shape index (κ1) is 23.3. The molecule has 0 aliphatic rings. The Balaban J connectivity index is 2.61. The number of nitrogens with one attached hydrogen (secondary N) is 1. The lowest BCUT2D eigenvalue weighted by molar-refractivity contribution is -0.149. The number of nitrogens with two attached hydrogens (primary N) is 1. The third-order valence-electron chi connectivity index (χ3n) is 3.92. The van der Waals surface area contributed by atoms with Crippen molar-refractivity contribution in [3.8, 4) is 22.6 Å². The van der Waals surface area contributed by atoms with Crippen molar-refractivity contribution < 1.29 is 38.8 Å². The molecule has 11 heteroatoms. The quantitative estimate of drug-likeness (QED) is 0.425. The van der Waals surface area contributed by atoms with E-state index in [4.69, 9.17) is 19.9 Å². The molecule has 0 fully saturated rings. The van der Waals surface area contributed by atoms with E-state index in [9.17, 15) is 29.4 Å². The number of ether oxygens (including phenoxy) is 3. The van der Waals surface area contributed by atoms with Crippen LogP contribution in [-0.2, 0) is 9.53 Å². The molecule has 31 heavy (non-hydrogen) atoms. The number of benzene rings is 1. The number of hydrogen-bond acceptors (Lipinski definition) is 8. The monoisotopic (exact) mass is 434 g/mol. The summed E-state index contributed by atoms with van der Waals surface area (Å²) in [5.74, 6) is -4.02. The topological polar surface area (TPSA) is 178 Å². The second kappa shape index (κ2) is 9.65. The summed E-state index contributed by atoms with van der Waals surface area (Å²) in [5.41, 5.74) is 2.89. The summed E-state index contributed by atoms with van der Waals surface area (Å²) in [6, 6.07) is 4.00. The van der Waals surface area contributed by atoms with Crippen molar-refractivity contribution in [1.82, 2.24) is 4.98 Å². The van der Waals surface area contributed by atoms with Gasteiger partial charge in [-0.3, -0.25) is 4.79 Å². The highest BCUT2D eigenvalue weighted by Gasteiger charge is 2.27. The van der Waals surface area contributed by atoms with E-state index in [-0.39, 0.29) is 35.3 Å². The SMILES string of the molecule is CCOc1cc(-c2c(C(=O)O)c(N)[nH]c(=O)c2C(=O)O)ccc1OCC(=O)OC(C)C. The molecule has 0 spiro atoms. The first-order valence-electron chi connectivity index (χ1n) is 9.18. The molecule has 166 valence electrons. The molecule has 5 N–H and O–H groups in total. The highest BCUT2D eigenvalue weighted by molar-refractivity contribution is 6.07. The molecule has 11 nitrogen and oxygen atoms in total. The number of H-pyrrole nitrogens is 1. The van der Waals surface area contributed by atoms with Crippen molar-refractivity contribution in [2.45, 2.75) is 26.9 Å². The Bertz CT molecular complexity index is 1070. The highest BCUT2D eigenvalue weighted by atomic mass is 16.6. The summed E-state index contributed by atoms with van der Waals surface area (Å²) < 4.78 is 15.9. The van der Waals surface area contributed by atoms with Gasteiger partial charge in [0.25, 0.3) is 5.56 Å². The lowest BCUT2D eigenvalue weighted by Gasteiger charge is -2.16. The van der Waals surface area contributed by atoms with Crippen LogP contribution in [0.2, 0.25) is 0 Å². The van der Waals surface area contributed by atoms with Gasteiger partial charge in [0.15, 0.2) is 18.1 Å². The number of rotatable bonds is 9. The molecular weight excluding hydrogens is 412 g/mol. The van der Waals surface area contributed by atoms with Crippen molar-refractivity contribution in [2.24, 2.45) is 0 Å². The van der Waals surface area contributed by atoms with Gasteiger partial charge in [0, 0.05) is 5.56 Å². The fraction of sp³-hybridized carbons (Fsp3) is 0.300. The van der Waals surface area contributed by atoms with Gasteiger partial charge < -0.3 is 35.1 Å². The van der Waals surface area contributed by atoms with Gasteiger partial charge in [-0.25, -0.2) is 14.4 Å². The van der Waals surface area contributed by atoms with E-state index < -0.39 is 47.0 Å². The third kappa shape index (κ3) is 5.32. The Hall–Kier alpha value is -4.02. The number of carbonyl (C=O) groups is 3. The molecule has 2 rings (SSSR count). The van der Waals surface area contributed by atoms with Crippen molar-refractivity contribution in [2.75, 3.05) is 18.9 Å². The van der Waals surface area contributed by atoms with Crippen LogP contribution in [-0.4, -0.2) is 52.4 Å². The molecule has 0 amide bonds. The molecule has 1 aromatic heterocycles. The molecule has 0 saturated carbocycles. The minimum atomic E-state index is -1.63. The van der Waals surface area contributed by atoms with Crippen LogP contribution < -0.4 is 20.8 Å². The maximum Gasteiger partial charge on any atom is 0.344 e. The number of aromatic amines is 1. The molecule has 0 unspecified atom stereocenters. The Morgan fingerprint density at radius 1 is 1.06 bits per heavy atom. The number of aromatic nitrogens is 1. The van der Waals surface area contributed by atoms with Crippen LogP contribution in [0.1, 0.15) is 41.5 Å². The smallest absolute Gasteiger partial charge is 0.344 e. The summed E-state index contributed by atoms with van der Waals surface area (Å²) in [4.78, 5) is 49.4. The Labute approximate surface area is 176 Å². The van der Waals surface area contributed by atoms with Crippen molar-refractivity contribution in [3.05, 3.63) is 39.7 Å². The average Bonchev–Trinajstić information content (AvgIpc) is 2.65. The van der Waals surface area contributed by atoms with E-state index in [1.54, 1.807) is 20.8 Å². The van der Waals surface area contributed by atoms with E-state index in [0.717, 1.165) is 0 Å².